The van der Waals surface area contributed by atoms with Gasteiger partial charge in [-0.25, -0.2) is 0 Å². The standard InChI is InChI=1S/C9H9Cl2N3.ClH/c10-7-2-1-6(5-8(7)11)14-4-3-9(12)13-14;/h1-2,5H,3-4H2,(H2,12,13);1H. The van der Waals surface area contributed by atoms with Crippen LogP contribution >= 0.6 is 35.6 Å². The Hall–Kier alpha value is -0.640. The van der Waals surface area contributed by atoms with Gasteiger partial charge in [-0.15, -0.1) is 12.4 Å². The average molecular weight is 267 g/mol. The second-order valence-corrected chi connectivity index (χ2v) is 3.88. The van der Waals surface area contributed by atoms with Gasteiger partial charge in [0.2, 0.25) is 0 Å². The Morgan fingerprint density at radius 1 is 1.27 bits per heavy atom. The van der Waals surface area contributed by atoms with Crippen molar-refractivity contribution in [2.75, 3.05) is 11.6 Å². The fourth-order valence-corrected chi connectivity index (χ4v) is 1.60. The lowest BCUT2D eigenvalue weighted by Crippen LogP contribution is -2.11. The monoisotopic (exact) mass is 265 g/mol. The molecular weight excluding hydrogens is 256 g/mol. The fraction of sp³-hybridized carbons (Fsp3) is 0.222. The van der Waals surface area contributed by atoms with Crippen LogP contribution in [0.5, 0.6) is 0 Å². The number of amidine groups is 1. The zero-order valence-corrected chi connectivity index (χ0v) is 10.1. The minimum atomic E-state index is 0. The summed E-state index contributed by atoms with van der Waals surface area (Å²) < 4.78 is 0. The van der Waals surface area contributed by atoms with E-state index in [0.717, 1.165) is 18.7 Å². The maximum absolute atomic E-state index is 5.89. The van der Waals surface area contributed by atoms with E-state index in [1.54, 1.807) is 12.1 Å². The molecule has 1 aliphatic heterocycles. The van der Waals surface area contributed by atoms with Gasteiger partial charge >= 0.3 is 0 Å². The van der Waals surface area contributed by atoms with Gasteiger partial charge in [0.25, 0.3) is 0 Å². The second-order valence-electron chi connectivity index (χ2n) is 3.06. The van der Waals surface area contributed by atoms with Crippen molar-refractivity contribution in [3.8, 4) is 0 Å². The summed E-state index contributed by atoms with van der Waals surface area (Å²) in [6.45, 7) is 0.795. The molecule has 0 fully saturated rings. The van der Waals surface area contributed by atoms with Crippen LogP contribution in [-0.2, 0) is 0 Å². The molecule has 0 amide bonds. The predicted octanol–water partition coefficient (Wildman–Crippen LogP) is 2.90. The maximum Gasteiger partial charge on any atom is 0.122 e. The molecule has 2 rings (SSSR count). The van der Waals surface area contributed by atoms with Crippen LogP contribution in [0.3, 0.4) is 0 Å². The zero-order valence-electron chi connectivity index (χ0n) is 7.78. The average Bonchev–Trinajstić information content (AvgIpc) is 2.57. The molecule has 0 saturated heterocycles. The first kappa shape index (κ1) is 12.4. The minimum Gasteiger partial charge on any atom is -0.386 e. The van der Waals surface area contributed by atoms with Crippen molar-refractivity contribution in [3.63, 3.8) is 0 Å². The molecule has 1 aromatic carbocycles. The SMILES string of the molecule is Cl.NC1=NN(c2ccc(Cl)c(Cl)c2)CC1. The zero-order chi connectivity index (χ0) is 10.1. The lowest BCUT2D eigenvalue weighted by atomic mass is 10.3. The molecule has 0 atom stereocenters. The second kappa shape index (κ2) is 4.92. The summed E-state index contributed by atoms with van der Waals surface area (Å²) in [7, 11) is 0. The summed E-state index contributed by atoms with van der Waals surface area (Å²) in [5, 5.41) is 7.05. The van der Waals surface area contributed by atoms with Crippen molar-refractivity contribution in [1.82, 2.24) is 0 Å². The molecule has 0 aromatic heterocycles. The van der Waals surface area contributed by atoms with E-state index >= 15 is 0 Å². The highest BCUT2D eigenvalue weighted by molar-refractivity contribution is 6.42. The highest BCUT2D eigenvalue weighted by atomic mass is 35.5. The van der Waals surface area contributed by atoms with Crippen LogP contribution in [0.15, 0.2) is 23.3 Å². The number of nitrogens with zero attached hydrogens (tertiary/aromatic N) is 2. The molecule has 0 spiro atoms. The van der Waals surface area contributed by atoms with Gasteiger partial charge in [0.1, 0.15) is 5.84 Å². The number of halogens is 3. The first-order chi connectivity index (χ1) is 6.66. The Kier molecular flexibility index (Phi) is 4.08. The topological polar surface area (TPSA) is 41.6 Å². The van der Waals surface area contributed by atoms with Gasteiger partial charge in [0.05, 0.1) is 15.7 Å². The minimum absolute atomic E-state index is 0. The molecule has 2 N–H and O–H groups in total. The first-order valence-electron chi connectivity index (χ1n) is 4.22. The first-order valence-corrected chi connectivity index (χ1v) is 4.98. The summed E-state index contributed by atoms with van der Waals surface area (Å²) in [4.78, 5) is 0. The van der Waals surface area contributed by atoms with Gasteiger partial charge in [-0.1, -0.05) is 23.2 Å². The molecule has 15 heavy (non-hydrogen) atoms. The molecule has 1 aliphatic rings. The quantitative estimate of drug-likeness (QED) is 0.849. The smallest absolute Gasteiger partial charge is 0.122 e. The van der Waals surface area contributed by atoms with E-state index in [4.69, 9.17) is 28.9 Å². The molecule has 0 unspecified atom stereocenters. The summed E-state index contributed by atoms with van der Waals surface area (Å²) in [5.74, 6) is 0.649. The van der Waals surface area contributed by atoms with Crippen LogP contribution in [-0.4, -0.2) is 12.4 Å². The molecule has 6 heteroatoms. The number of benzene rings is 1. The predicted molar refractivity (Wildman–Crippen MR) is 67.3 cm³/mol. The largest absolute Gasteiger partial charge is 0.386 e. The highest BCUT2D eigenvalue weighted by Crippen LogP contribution is 2.28. The molecular formula is C9H10Cl3N3. The number of anilines is 1. The third kappa shape index (κ3) is 2.68. The lowest BCUT2D eigenvalue weighted by molar-refractivity contribution is 0.922. The molecule has 0 saturated carbocycles. The molecule has 82 valence electrons. The van der Waals surface area contributed by atoms with Gasteiger partial charge in [-0.3, -0.25) is 5.01 Å². The van der Waals surface area contributed by atoms with Crippen LogP contribution in [0, 0.1) is 0 Å². The number of hydrogen-bond acceptors (Lipinski definition) is 3. The normalized spacial score (nSPS) is 14.8. The molecule has 1 heterocycles. The van der Waals surface area contributed by atoms with E-state index in [1.165, 1.54) is 0 Å². The number of hydrazone groups is 1. The summed E-state index contributed by atoms with van der Waals surface area (Å²) in [5.41, 5.74) is 6.50. The van der Waals surface area contributed by atoms with Gasteiger partial charge in [0.15, 0.2) is 0 Å². The van der Waals surface area contributed by atoms with Crippen molar-refractivity contribution in [2.24, 2.45) is 10.8 Å². The van der Waals surface area contributed by atoms with Crippen molar-refractivity contribution >= 4 is 47.1 Å². The summed E-state index contributed by atoms with van der Waals surface area (Å²) in [6, 6.07) is 5.41. The molecule has 0 bridgehead atoms. The Morgan fingerprint density at radius 3 is 2.53 bits per heavy atom. The van der Waals surface area contributed by atoms with E-state index in [-0.39, 0.29) is 12.4 Å². The summed E-state index contributed by atoms with van der Waals surface area (Å²) >= 11 is 11.7. The third-order valence-corrected chi connectivity index (χ3v) is 2.77. The third-order valence-electron chi connectivity index (χ3n) is 2.03. The van der Waals surface area contributed by atoms with Gasteiger partial charge < -0.3 is 5.73 Å². The van der Waals surface area contributed by atoms with Crippen molar-refractivity contribution in [3.05, 3.63) is 28.2 Å². The van der Waals surface area contributed by atoms with Gasteiger partial charge in [-0.05, 0) is 18.2 Å². The Morgan fingerprint density at radius 2 is 2.00 bits per heavy atom. The fourth-order valence-electron chi connectivity index (χ4n) is 1.31. The summed E-state index contributed by atoms with van der Waals surface area (Å²) in [6.07, 6.45) is 0.792. The van der Waals surface area contributed by atoms with Crippen LogP contribution in [0.4, 0.5) is 5.69 Å². The Labute approximate surface area is 104 Å². The van der Waals surface area contributed by atoms with Crippen LogP contribution in [0.1, 0.15) is 6.42 Å². The molecule has 3 nitrogen and oxygen atoms in total. The number of rotatable bonds is 1. The van der Waals surface area contributed by atoms with E-state index in [1.807, 2.05) is 11.1 Å². The van der Waals surface area contributed by atoms with E-state index in [2.05, 4.69) is 5.10 Å². The molecule has 0 aliphatic carbocycles. The van der Waals surface area contributed by atoms with Crippen LogP contribution in [0.25, 0.3) is 0 Å². The molecule has 0 radical (unpaired) electrons. The number of hydrogen-bond donors (Lipinski definition) is 1. The number of nitrogens with two attached hydrogens (primary N) is 1. The van der Waals surface area contributed by atoms with Crippen molar-refractivity contribution < 1.29 is 0 Å². The Bertz CT molecular complexity index is 392. The van der Waals surface area contributed by atoms with Crippen molar-refractivity contribution in [1.29, 1.82) is 0 Å². The highest BCUT2D eigenvalue weighted by Gasteiger charge is 2.14. The molecule has 1 aromatic rings. The van der Waals surface area contributed by atoms with Gasteiger partial charge in [0, 0.05) is 13.0 Å². The Balaban J connectivity index is 0.00000112. The van der Waals surface area contributed by atoms with E-state index < -0.39 is 0 Å². The maximum atomic E-state index is 5.89. The van der Waals surface area contributed by atoms with Crippen LogP contribution in [0.2, 0.25) is 10.0 Å². The van der Waals surface area contributed by atoms with Crippen molar-refractivity contribution in [2.45, 2.75) is 6.42 Å². The van der Waals surface area contributed by atoms with E-state index in [0.29, 0.717) is 15.9 Å². The lowest BCUT2D eigenvalue weighted by Gasteiger charge is -2.13. The van der Waals surface area contributed by atoms with E-state index in [9.17, 15) is 0 Å². The van der Waals surface area contributed by atoms with Crippen LogP contribution < -0.4 is 10.7 Å². The van der Waals surface area contributed by atoms with Gasteiger partial charge in [-0.2, -0.15) is 5.10 Å².